The Hall–Kier alpha value is -1.63. The first-order chi connectivity index (χ1) is 15.8. The minimum Gasteiger partial charge on any atom is -0.256 e. The van der Waals surface area contributed by atoms with E-state index in [9.17, 15) is 0 Å². The number of hydrogen-bond acceptors (Lipinski definition) is 1. The molecule has 1 saturated carbocycles. The van der Waals surface area contributed by atoms with Gasteiger partial charge in [-0.25, -0.2) is 0 Å². The third kappa shape index (κ3) is 8.72. The van der Waals surface area contributed by atoms with Gasteiger partial charge < -0.3 is 0 Å². The maximum Gasteiger partial charge on any atom is 0.0702 e. The van der Waals surface area contributed by atoms with Crippen LogP contribution in [0.25, 0.3) is 11.3 Å². The molecule has 1 aliphatic rings. The van der Waals surface area contributed by atoms with Gasteiger partial charge in [0, 0.05) is 11.8 Å². The number of aryl methyl sites for hydroxylation is 2. The van der Waals surface area contributed by atoms with Crippen molar-refractivity contribution in [3.8, 4) is 11.3 Å². The smallest absolute Gasteiger partial charge is 0.0702 e. The Balaban J connectivity index is 1.37. The molecule has 1 aliphatic carbocycles. The minimum absolute atomic E-state index is 0.952. The van der Waals surface area contributed by atoms with Crippen LogP contribution in [0.3, 0.4) is 0 Å². The van der Waals surface area contributed by atoms with Crippen molar-refractivity contribution in [3.63, 3.8) is 0 Å². The van der Waals surface area contributed by atoms with Crippen molar-refractivity contribution >= 4 is 0 Å². The Labute approximate surface area is 198 Å². The van der Waals surface area contributed by atoms with Crippen LogP contribution in [0.15, 0.2) is 42.6 Å². The average Bonchev–Trinajstić information content (AvgIpc) is 2.85. The van der Waals surface area contributed by atoms with Gasteiger partial charge in [0.15, 0.2) is 0 Å². The summed E-state index contributed by atoms with van der Waals surface area (Å²) in [6.45, 7) is 4.58. The molecule has 0 radical (unpaired) electrons. The molecule has 1 fully saturated rings. The number of pyridine rings is 1. The molecule has 0 amide bonds. The first-order valence-corrected chi connectivity index (χ1v) is 13.8. The van der Waals surface area contributed by atoms with Crippen LogP contribution in [0.4, 0.5) is 0 Å². The summed E-state index contributed by atoms with van der Waals surface area (Å²) >= 11 is 0. The fourth-order valence-corrected chi connectivity index (χ4v) is 5.38. The van der Waals surface area contributed by atoms with Gasteiger partial charge in [0.1, 0.15) is 0 Å². The van der Waals surface area contributed by atoms with Crippen molar-refractivity contribution in [2.24, 2.45) is 11.8 Å². The summed E-state index contributed by atoms with van der Waals surface area (Å²) < 4.78 is 0. The molecule has 2 aromatic rings. The van der Waals surface area contributed by atoms with Crippen molar-refractivity contribution in [2.45, 2.75) is 117 Å². The normalized spacial score (nSPS) is 18.7. The van der Waals surface area contributed by atoms with Gasteiger partial charge in [-0.2, -0.15) is 0 Å². The third-order valence-corrected chi connectivity index (χ3v) is 7.67. The molecule has 0 unspecified atom stereocenters. The highest BCUT2D eigenvalue weighted by Gasteiger charge is 2.20. The van der Waals surface area contributed by atoms with E-state index in [2.05, 4.69) is 56.4 Å². The van der Waals surface area contributed by atoms with Gasteiger partial charge in [-0.15, -0.1) is 0 Å². The fourth-order valence-electron chi connectivity index (χ4n) is 5.38. The van der Waals surface area contributed by atoms with E-state index >= 15 is 0 Å². The van der Waals surface area contributed by atoms with Gasteiger partial charge in [-0.3, -0.25) is 4.98 Å². The van der Waals surface area contributed by atoms with Crippen molar-refractivity contribution in [1.82, 2.24) is 4.98 Å². The molecule has 0 spiro atoms. The molecule has 0 bridgehead atoms. The van der Waals surface area contributed by atoms with Crippen molar-refractivity contribution in [2.75, 3.05) is 0 Å². The number of nitrogens with zero attached hydrogens (tertiary/aromatic N) is 1. The van der Waals surface area contributed by atoms with Gasteiger partial charge in [-0.1, -0.05) is 121 Å². The molecule has 0 saturated heterocycles. The average molecular weight is 434 g/mol. The highest BCUT2D eigenvalue weighted by Crippen LogP contribution is 2.34. The zero-order valence-corrected chi connectivity index (χ0v) is 21.0. The summed E-state index contributed by atoms with van der Waals surface area (Å²) in [5, 5.41) is 0. The van der Waals surface area contributed by atoms with Gasteiger partial charge in [-0.05, 0) is 54.7 Å². The van der Waals surface area contributed by atoms with Crippen LogP contribution in [-0.2, 0) is 12.8 Å². The molecule has 1 aromatic heterocycles. The van der Waals surface area contributed by atoms with Gasteiger partial charge in [0.2, 0.25) is 0 Å². The van der Waals surface area contributed by atoms with E-state index in [1.165, 1.54) is 113 Å². The number of hydrogen-bond donors (Lipinski definition) is 0. The Morgan fingerprint density at radius 2 is 1.25 bits per heavy atom. The van der Waals surface area contributed by atoms with Crippen LogP contribution in [0, 0.1) is 11.8 Å². The van der Waals surface area contributed by atoms with Crippen molar-refractivity contribution < 1.29 is 0 Å². The monoisotopic (exact) mass is 433 g/mol. The van der Waals surface area contributed by atoms with Crippen LogP contribution in [0.1, 0.15) is 115 Å². The second-order valence-electron chi connectivity index (χ2n) is 10.3. The summed E-state index contributed by atoms with van der Waals surface area (Å²) in [7, 11) is 0. The fraction of sp³-hybridized carbons (Fsp3) is 0.645. The Morgan fingerprint density at radius 3 is 1.88 bits per heavy atom. The number of benzene rings is 1. The van der Waals surface area contributed by atoms with Gasteiger partial charge in [0.25, 0.3) is 0 Å². The topological polar surface area (TPSA) is 12.9 Å². The molecule has 1 heteroatoms. The largest absolute Gasteiger partial charge is 0.256 e. The zero-order chi connectivity index (χ0) is 22.4. The van der Waals surface area contributed by atoms with E-state index < -0.39 is 0 Å². The lowest BCUT2D eigenvalue weighted by Crippen LogP contribution is -2.15. The first kappa shape index (κ1) is 25.0. The summed E-state index contributed by atoms with van der Waals surface area (Å²) in [6.07, 6.45) is 24.2. The summed E-state index contributed by atoms with van der Waals surface area (Å²) in [5.41, 5.74) is 5.21. The van der Waals surface area contributed by atoms with Crippen LogP contribution in [0.2, 0.25) is 0 Å². The summed E-state index contributed by atoms with van der Waals surface area (Å²) in [6, 6.07) is 13.7. The van der Waals surface area contributed by atoms with E-state index in [0.717, 1.165) is 24.0 Å². The maximum atomic E-state index is 4.74. The predicted molar refractivity (Wildman–Crippen MR) is 140 cm³/mol. The molecule has 32 heavy (non-hydrogen) atoms. The van der Waals surface area contributed by atoms with E-state index in [1.54, 1.807) is 0 Å². The molecule has 1 heterocycles. The number of unbranched alkanes of at least 4 members (excludes halogenated alkanes) is 6. The Kier molecular flexibility index (Phi) is 11.3. The van der Waals surface area contributed by atoms with E-state index in [1.807, 2.05) is 0 Å². The van der Waals surface area contributed by atoms with Crippen LogP contribution < -0.4 is 0 Å². The second kappa shape index (κ2) is 14.5. The standard InChI is InChI=1S/C31H47N/c1-3-5-7-9-11-26-13-15-27(16-14-26)17-18-28-19-22-30(23-20-28)31-24-21-29(25-32-31)12-10-8-6-4-2/h19-27H,3-18H2,1-2H3/t26-,27-. The minimum atomic E-state index is 0.952. The lowest BCUT2D eigenvalue weighted by Gasteiger charge is -2.28. The van der Waals surface area contributed by atoms with Gasteiger partial charge in [0.05, 0.1) is 5.69 Å². The van der Waals surface area contributed by atoms with E-state index in [-0.39, 0.29) is 0 Å². The molecule has 176 valence electrons. The molecule has 0 N–H and O–H groups in total. The molecular weight excluding hydrogens is 386 g/mol. The summed E-state index contributed by atoms with van der Waals surface area (Å²) in [5.74, 6) is 1.98. The highest BCUT2D eigenvalue weighted by molar-refractivity contribution is 5.59. The Morgan fingerprint density at radius 1 is 0.625 bits per heavy atom. The molecule has 0 atom stereocenters. The molecular formula is C31H47N. The predicted octanol–water partition coefficient (Wildman–Crippen LogP) is 9.58. The highest BCUT2D eigenvalue weighted by atomic mass is 14.7. The lowest BCUT2D eigenvalue weighted by molar-refractivity contribution is 0.249. The molecule has 3 rings (SSSR count). The number of aromatic nitrogens is 1. The number of rotatable bonds is 14. The quantitative estimate of drug-likeness (QED) is 0.270. The first-order valence-electron chi connectivity index (χ1n) is 13.8. The SMILES string of the molecule is CCCCCCc1ccc(-c2ccc(CC[C@H]3CC[C@H](CCCCCC)CC3)cc2)nc1. The maximum absolute atomic E-state index is 4.74. The summed E-state index contributed by atoms with van der Waals surface area (Å²) in [4.78, 5) is 4.74. The van der Waals surface area contributed by atoms with E-state index in [0.29, 0.717) is 0 Å². The van der Waals surface area contributed by atoms with E-state index in [4.69, 9.17) is 4.98 Å². The van der Waals surface area contributed by atoms with Crippen molar-refractivity contribution in [1.29, 1.82) is 0 Å². The molecule has 1 nitrogen and oxygen atoms in total. The lowest BCUT2D eigenvalue weighted by atomic mass is 9.77. The second-order valence-corrected chi connectivity index (χ2v) is 10.3. The van der Waals surface area contributed by atoms with Crippen LogP contribution >= 0.6 is 0 Å². The van der Waals surface area contributed by atoms with Crippen LogP contribution in [-0.4, -0.2) is 4.98 Å². The van der Waals surface area contributed by atoms with Gasteiger partial charge >= 0.3 is 0 Å². The molecule has 1 aromatic carbocycles. The molecule has 0 aliphatic heterocycles. The zero-order valence-electron chi connectivity index (χ0n) is 21.0. The third-order valence-electron chi connectivity index (χ3n) is 7.67. The Bertz CT molecular complexity index is 722. The van der Waals surface area contributed by atoms with Crippen LogP contribution in [0.5, 0.6) is 0 Å². The van der Waals surface area contributed by atoms with Crippen molar-refractivity contribution in [3.05, 3.63) is 53.7 Å².